The average molecular weight is 554 g/mol. The van der Waals surface area contributed by atoms with Crippen LogP contribution in [0.25, 0.3) is 22.3 Å². The maximum Gasteiger partial charge on any atom is 0.410 e. The summed E-state index contributed by atoms with van der Waals surface area (Å²) in [5, 5.41) is 3.11. The summed E-state index contributed by atoms with van der Waals surface area (Å²) in [6, 6.07) is 2.78. The molecule has 2 N–H and O–H groups in total. The van der Waals surface area contributed by atoms with Gasteiger partial charge in [0.15, 0.2) is 11.6 Å². The summed E-state index contributed by atoms with van der Waals surface area (Å²) in [6.07, 6.45) is 4.47. The number of aromatic amines is 1. The predicted molar refractivity (Wildman–Crippen MR) is 147 cm³/mol. The Morgan fingerprint density at radius 2 is 1.85 bits per heavy atom. The van der Waals surface area contributed by atoms with Crippen LogP contribution in [0.4, 0.5) is 9.18 Å². The van der Waals surface area contributed by atoms with Crippen LogP contribution in [0.2, 0.25) is 0 Å². The first kappa shape index (κ1) is 27.7. The molecule has 2 aliphatic rings. The molecule has 3 heterocycles. The van der Waals surface area contributed by atoms with E-state index in [0.29, 0.717) is 77.8 Å². The summed E-state index contributed by atoms with van der Waals surface area (Å²) >= 11 is 0. The van der Waals surface area contributed by atoms with Gasteiger partial charge in [-0.2, -0.15) is 0 Å². The molecule has 10 nitrogen and oxygen atoms in total. The van der Waals surface area contributed by atoms with Crippen molar-refractivity contribution in [2.75, 3.05) is 26.8 Å². The number of aromatic nitrogens is 3. The van der Waals surface area contributed by atoms with Crippen molar-refractivity contribution >= 4 is 23.0 Å². The standard InChI is InChI=1S/C29H36FN5O5/c1-16-23(27(36)34-18-8-10-35(11-9-18)28(37)40-29(2,3)4)25-26(33-16)24(31-15-32-25)19-12-22(38-5)20(30)13-21(19)39-14-17-6-7-17/h12-13,15,17-18,33H,6-11,14H2,1-5H3,(H,34,36). The molecule has 1 aliphatic heterocycles. The van der Waals surface area contributed by atoms with Crippen molar-refractivity contribution in [3.8, 4) is 22.8 Å². The van der Waals surface area contributed by atoms with E-state index in [4.69, 9.17) is 14.2 Å². The van der Waals surface area contributed by atoms with Gasteiger partial charge in [-0.3, -0.25) is 4.79 Å². The normalized spacial score (nSPS) is 16.2. The highest BCUT2D eigenvalue weighted by Gasteiger charge is 2.30. The number of amides is 2. The van der Waals surface area contributed by atoms with Crippen LogP contribution in [0.3, 0.4) is 0 Å². The number of hydrogen-bond acceptors (Lipinski definition) is 7. The maximum atomic E-state index is 14.6. The monoisotopic (exact) mass is 553 g/mol. The topological polar surface area (TPSA) is 119 Å². The molecule has 214 valence electrons. The molecule has 5 rings (SSSR count). The lowest BCUT2D eigenvalue weighted by Crippen LogP contribution is -2.47. The van der Waals surface area contributed by atoms with Gasteiger partial charge in [0.2, 0.25) is 0 Å². The third-order valence-electron chi connectivity index (χ3n) is 7.16. The van der Waals surface area contributed by atoms with E-state index in [1.54, 1.807) is 17.9 Å². The van der Waals surface area contributed by atoms with Gasteiger partial charge in [0, 0.05) is 36.5 Å². The molecule has 3 aromatic rings. The second kappa shape index (κ2) is 10.9. The highest BCUT2D eigenvalue weighted by Crippen LogP contribution is 2.39. The molecule has 40 heavy (non-hydrogen) atoms. The van der Waals surface area contributed by atoms with Crippen molar-refractivity contribution in [1.82, 2.24) is 25.2 Å². The van der Waals surface area contributed by atoms with Gasteiger partial charge in [0.25, 0.3) is 5.91 Å². The van der Waals surface area contributed by atoms with E-state index in [1.165, 1.54) is 19.5 Å². The second-order valence-electron chi connectivity index (χ2n) is 11.5. The Morgan fingerprint density at radius 1 is 1.12 bits per heavy atom. The summed E-state index contributed by atoms with van der Waals surface area (Å²) in [7, 11) is 1.40. The molecule has 1 saturated carbocycles. The highest BCUT2D eigenvalue weighted by molar-refractivity contribution is 6.09. The molecule has 0 unspecified atom stereocenters. The number of likely N-dealkylation sites (tertiary alicyclic amines) is 1. The predicted octanol–water partition coefficient (Wildman–Crippen LogP) is 5.00. The zero-order valence-electron chi connectivity index (χ0n) is 23.6. The molecule has 0 atom stereocenters. The number of nitrogens with one attached hydrogen (secondary N) is 2. The number of carbonyl (C=O) groups excluding carboxylic acids is 2. The van der Waals surface area contributed by atoms with Crippen LogP contribution in [0.1, 0.15) is 62.5 Å². The Bertz CT molecular complexity index is 1420. The highest BCUT2D eigenvalue weighted by atomic mass is 19.1. The van der Waals surface area contributed by atoms with Crippen molar-refractivity contribution in [3.63, 3.8) is 0 Å². The Morgan fingerprint density at radius 3 is 2.50 bits per heavy atom. The zero-order valence-corrected chi connectivity index (χ0v) is 23.6. The number of aryl methyl sites for hydroxylation is 1. The molecular formula is C29H36FN5O5. The maximum absolute atomic E-state index is 14.6. The van der Waals surface area contributed by atoms with Crippen molar-refractivity contribution in [1.29, 1.82) is 0 Å². The molecule has 0 spiro atoms. The second-order valence-corrected chi connectivity index (χ2v) is 11.5. The van der Waals surface area contributed by atoms with Gasteiger partial charge in [-0.25, -0.2) is 19.2 Å². The number of methoxy groups -OCH3 is 1. The number of halogens is 1. The van der Waals surface area contributed by atoms with Gasteiger partial charge < -0.3 is 29.4 Å². The number of hydrogen-bond donors (Lipinski definition) is 2. The van der Waals surface area contributed by atoms with E-state index in [2.05, 4.69) is 20.3 Å². The fourth-order valence-electron chi connectivity index (χ4n) is 4.88. The Balaban J connectivity index is 1.37. The van der Waals surface area contributed by atoms with E-state index < -0.39 is 11.4 Å². The minimum absolute atomic E-state index is 0.0690. The molecule has 1 saturated heterocycles. The summed E-state index contributed by atoms with van der Waals surface area (Å²) in [6.45, 7) is 8.81. The van der Waals surface area contributed by atoms with Crippen LogP contribution in [0.15, 0.2) is 18.5 Å². The largest absolute Gasteiger partial charge is 0.494 e. The Kier molecular flexibility index (Phi) is 7.57. The number of ether oxygens (including phenoxy) is 3. The summed E-state index contributed by atoms with van der Waals surface area (Å²) < 4.78 is 31.3. The molecule has 1 aromatic carbocycles. The smallest absolute Gasteiger partial charge is 0.410 e. The third-order valence-corrected chi connectivity index (χ3v) is 7.16. The summed E-state index contributed by atoms with van der Waals surface area (Å²) in [5.74, 6) is 0.121. The molecule has 2 amide bonds. The molecule has 1 aliphatic carbocycles. The molecule has 11 heteroatoms. The fraction of sp³-hybridized carbons (Fsp3) is 0.517. The first-order valence-corrected chi connectivity index (χ1v) is 13.7. The van der Waals surface area contributed by atoms with Crippen molar-refractivity contribution in [2.45, 2.75) is 65.0 Å². The van der Waals surface area contributed by atoms with Gasteiger partial charge in [-0.05, 0) is 65.4 Å². The van der Waals surface area contributed by atoms with Crippen molar-refractivity contribution in [3.05, 3.63) is 35.5 Å². The lowest BCUT2D eigenvalue weighted by atomic mass is 10.0. The van der Waals surface area contributed by atoms with Crippen LogP contribution < -0.4 is 14.8 Å². The van der Waals surface area contributed by atoms with Crippen LogP contribution in [-0.4, -0.2) is 70.3 Å². The number of H-pyrrole nitrogens is 1. The van der Waals surface area contributed by atoms with E-state index in [1.807, 2.05) is 20.8 Å². The first-order valence-electron chi connectivity index (χ1n) is 13.7. The first-order chi connectivity index (χ1) is 19.0. The van der Waals surface area contributed by atoms with Gasteiger partial charge >= 0.3 is 6.09 Å². The van der Waals surface area contributed by atoms with Gasteiger partial charge in [-0.15, -0.1) is 0 Å². The molecular weight excluding hydrogens is 517 g/mol. The van der Waals surface area contributed by atoms with E-state index in [9.17, 15) is 14.0 Å². The number of carbonyl (C=O) groups is 2. The summed E-state index contributed by atoms with van der Waals surface area (Å²) in [4.78, 5) is 39.7. The Hall–Kier alpha value is -3.89. The lowest BCUT2D eigenvalue weighted by molar-refractivity contribution is 0.0199. The molecule has 0 radical (unpaired) electrons. The van der Waals surface area contributed by atoms with Crippen molar-refractivity contribution < 1.29 is 28.2 Å². The molecule has 0 bridgehead atoms. The number of benzene rings is 1. The summed E-state index contributed by atoms with van der Waals surface area (Å²) in [5.41, 5.74) is 2.55. The average Bonchev–Trinajstić information content (AvgIpc) is 3.66. The van der Waals surface area contributed by atoms with E-state index in [-0.39, 0.29) is 23.8 Å². The SMILES string of the molecule is COc1cc(-c2ncnc3c(C(=O)NC4CCN(C(=O)OC(C)(C)C)CC4)c(C)[nH]c23)c(OCC2CC2)cc1F. The Labute approximate surface area is 232 Å². The van der Waals surface area contributed by atoms with Crippen LogP contribution >= 0.6 is 0 Å². The fourth-order valence-corrected chi connectivity index (χ4v) is 4.88. The molecule has 2 fully saturated rings. The molecule has 2 aromatic heterocycles. The lowest BCUT2D eigenvalue weighted by Gasteiger charge is -2.33. The van der Waals surface area contributed by atoms with Crippen LogP contribution in [0, 0.1) is 18.7 Å². The van der Waals surface area contributed by atoms with Gasteiger partial charge in [0.05, 0.1) is 24.8 Å². The van der Waals surface area contributed by atoms with Crippen LogP contribution in [0.5, 0.6) is 11.5 Å². The third kappa shape index (κ3) is 5.97. The van der Waals surface area contributed by atoms with E-state index in [0.717, 1.165) is 12.8 Å². The quantitative estimate of drug-likeness (QED) is 0.423. The number of rotatable bonds is 7. The zero-order chi connectivity index (χ0) is 28.6. The number of piperidine rings is 1. The van der Waals surface area contributed by atoms with Crippen LogP contribution in [-0.2, 0) is 4.74 Å². The number of fused-ring (bicyclic) bond motifs is 1. The van der Waals surface area contributed by atoms with E-state index >= 15 is 0 Å². The van der Waals surface area contributed by atoms with Gasteiger partial charge in [-0.1, -0.05) is 0 Å². The minimum atomic E-state index is -0.557. The van der Waals surface area contributed by atoms with Gasteiger partial charge in [0.1, 0.15) is 28.9 Å². The minimum Gasteiger partial charge on any atom is -0.494 e. The van der Waals surface area contributed by atoms with Crippen molar-refractivity contribution in [2.24, 2.45) is 5.92 Å². The number of nitrogens with zero attached hydrogens (tertiary/aromatic N) is 3.